The predicted octanol–water partition coefficient (Wildman–Crippen LogP) is 3.36. The Morgan fingerprint density at radius 1 is 1.42 bits per heavy atom. The van der Waals surface area contributed by atoms with Gasteiger partial charge in [-0.25, -0.2) is 4.79 Å². The number of carboxylic acids is 1. The standard InChI is InChI=1S/C16H20O3/c1-12(6-4-11-16(17)18)19-15-10-5-8-13-7-2-3-9-14(13)15/h4-5,8,10-12H,2-3,6-7,9H2,1H3,(H,17,18)/b11-4+. The van der Waals surface area contributed by atoms with Gasteiger partial charge >= 0.3 is 5.97 Å². The van der Waals surface area contributed by atoms with Gasteiger partial charge in [0.1, 0.15) is 5.75 Å². The summed E-state index contributed by atoms with van der Waals surface area (Å²) in [6.07, 6.45) is 8.11. The molecule has 1 aromatic rings. The maximum atomic E-state index is 10.4. The van der Waals surface area contributed by atoms with Gasteiger partial charge in [0.25, 0.3) is 0 Å². The number of fused-ring (bicyclic) bond motifs is 1. The van der Waals surface area contributed by atoms with Crippen molar-refractivity contribution in [2.75, 3.05) is 0 Å². The molecule has 1 aromatic carbocycles. The van der Waals surface area contributed by atoms with E-state index in [9.17, 15) is 4.79 Å². The molecule has 2 rings (SSSR count). The Morgan fingerprint density at radius 2 is 2.21 bits per heavy atom. The molecule has 3 heteroatoms. The monoisotopic (exact) mass is 260 g/mol. The highest BCUT2D eigenvalue weighted by molar-refractivity contribution is 5.79. The Bertz CT molecular complexity index is 477. The maximum absolute atomic E-state index is 10.4. The minimum Gasteiger partial charge on any atom is -0.490 e. The second-order valence-corrected chi connectivity index (χ2v) is 5.01. The van der Waals surface area contributed by atoms with Crippen molar-refractivity contribution >= 4 is 5.97 Å². The number of benzene rings is 1. The molecule has 0 spiro atoms. The Labute approximate surface area is 113 Å². The molecular formula is C16H20O3. The smallest absolute Gasteiger partial charge is 0.327 e. The number of carboxylic acid groups (broad SMARTS) is 1. The summed E-state index contributed by atoms with van der Waals surface area (Å²) in [5, 5.41) is 8.55. The Morgan fingerprint density at radius 3 is 3.00 bits per heavy atom. The third-order valence-corrected chi connectivity index (χ3v) is 3.41. The van der Waals surface area contributed by atoms with E-state index in [2.05, 4.69) is 6.07 Å². The first-order chi connectivity index (χ1) is 9.16. The summed E-state index contributed by atoms with van der Waals surface area (Å²) in [5.74, 6) is 0.0534. The highest BCUT2D eigenvalue weighted by Crippen LogP contribution is 2.30. The topological polar surface area (TPSA) is 46.5 Å². The highest BCUT2D eigenvalue weighted by Gasteiger charge is 2.15. The van der Waals surface area contributed by atoms with Crippen molar-refractivity contribution in [3.8, 4) is 5.75 Å². The maximum Gasteiger partial charge on any atom is 0.327 e. The first-order valence-corrected chi connectivity index (χ1v) is 6.83. The largest absolute Gasteiger partial charge is 0.490 e. The lowest BCUT2D eigenvalue weighted by Crippen LogP contribution is -2.14. The van der Waals surface area contributed by atoms with Crippen LogP contribution in [-0.2, 0) is 17.6 Å². The molecule has 0 radical (unpaired) electrons. The van der Waals surface area contributed by atoms with Crippen LogP contribution in [0.4, 0.5) is 0 Å². The summed E-state index contributed by atoms with van der Waals surface area (Å²) in [6.45, 7) is 1.97. The van der Waals surface area contributed by atoms with Crippen molar-refractivity contribution in [2.45, 2.75) is 45.1 Å². The molecule has 1 unspecified atom stereocenters. The molecule has 3 nitrogen and oxygen atoms in total. The highest BCUT2D eigenvalue weighted by atomic mass is 16.5. The summed E-state index contributed by atoms with van der Waals surface area (Å²) in [6, 6.07) is 6.23. The normalized spacial score (nSPS) is 16.1. The van der Waals surface area contributed by atoms with Crippen LogP contribution in [0.1, 0.15) is 37.3 Å². The van der Waals surface area contributed by atoms with Crippen molar-refractivity contribution in [3.05, 3.63) is 41.5 Å². The number of rotatable bonds is 5. The molecule has 1 atom stereocenters. The fourth-order valence-corrected chi connectivity index (χ4v) is 2.48. The van der Waals surface area contributed by atoms with Crippen molar-refractivity contribution in [1.29, 1.82) is 0 Å². The molecule has 0 saturated heterocycles. The van der Waals surface area contributed by atoms with E-state index >= 15 is 0 Å². The van der Waals surface area contributed by atoms with Crippen molar-refractivity contribution < 1.29 is 14.6 Å². The zero-order chi connectivity index (χ0) is 13.7. The van der Waals surface area contributed by atoms with Gasteiger partial charge < -0.3 is 9.84 Å². The quantitative estimate of drug-likeness (QED) is 0.826. The molecule has 0 saturated carbocycles. The van der Waals surface area contributed by atoms with E-state index in [1.54, 1.807) is 6.08 Å². The second-order valence-electron chi connectivity index (χ2n) is 5.01. The number of hydrogen-bond acceptors (Lipinski definition) is 2. The van der Waals surface area contributed by atoms with E-state index in [1.807, 2.05) is 19.1 Å². The first-order valence-electron chi connectivity index (χ1n) is 6.83. The first kappa shape index (κ1) is 13.7. The molecule has 0 aliphatic heterocycles. The van der Waals surface area contributed by atoms with Gasteiger partial charge in [0.05, 0.1) is 6.10 Å². The van der Waals surface area contributed by atoms with Gasteiger partial charge in [0.15, 0.2) is 0 Å². The number of ether oxygens (including phenoxy) is 1. The SMILES string of the molecule is CC(C/C=C/C(=O)O)Oc1cccc2c1CCCC2. The molecule has 0 amide bonds. The van der Waals surface area contributed by atoms with Gasteiger partial charge in [-0.3, -0.25) is 0 Å². The molecule has 19 heavy (non-hydrogen) atoms. The van der Waals surface area contributed by atoms with Crippen LogP contribution in [0.15, 0.2) is 30.4 Å². The zero-order valence-electron chi connectivity index (χ0n) is 11.3. The van der Waals surface area contributed by atoms with Crippen LogP contribution in [-0.4, -0.2) is 17.2 Å². The molecule has 1 aliphatic carbocycles. The summed E-state index contributed by atoms with van der Waals surface area (Å²) < 4.78 is 5.95. The number of aryl methyl sites for hydroxylation is 1. The summed E-state index contributed by atoms with van der Waals surface area (Å²) in [5.41, 5.74) is 2.74. The lowest BCUT2D eigenvalue weighted by atomic mass is 9.91. The van der Waals surface area contributed by atoms with E-state index < -0.39 is 5.97 Å². The van der Waals surface area contributed by atoms with Gasteiger partial charge in [-0.1, -0.05) is 18.2 Å². The zero-order valence-corrected chi connectivity index (χ0v) is 11.3. The third kappa shape index (κ3) is 3.85. The van der Waals surface area contributed by atoms with E-state index in [1.165, 1.54) is 30.0 Å². The lowest BCUT2D eigenvalue weighted by Gasteiger charge is -2.21. The number of aliphatic carboxylic acids is 1. The molecule has 1 aliphatic rings. The van der Waals surface area contributed by atoms with E-state index in [0.717, 1.165) is 18.6 Å². The fraction of sp³-hybridized carbons (Fsp3) is 0.438. The number of hydrogen-bond donors (Lipinski definition) is 1. The van der Waals surface area contributed by atoms with Crippen LogP contribution < -0.4 is 4.74 Å². The molecule has 0 heterocycles. The Kier molecular flexibility index (Phi) is 4.61. The van der Waals surface area contributed by atoms with E-state index in [-0.39, 0.29) is 6.10 Å². The molecular weight excluding hydrogens is 240 g/mol. The van der Waals surface area contributed by atoms with Gasteiger partial charge in [-0.05, 0) is 49.8 Å². The number of carbonyl (C=O) groups is 1. The van der Waals surface area contributed by atoms with Crippen LogP contribution in [0.5, 0.6) is 5.75 Å². The molecule has 0 aromatic heterocycles. The van der Waals surface area contributed by atoms with Crippen molar-refractivity contribution in [1.82, 2.24) is 0 Å². The fourth-order valence-electron chi connectivity index (χ4n) is 2.48. The molecule has 0 bridgehead atoms. The predicted molar refractivity (Wildman–Crippen MR) is 74.6 cm³/mol. The Balaban J connectivity index is 2.00. The van der Waals surface area contributed by atoms with Crippen molar-refractivity contribution in [2.24, 2.45) is 0 Å². The van der Waals surface area contributed by atoms with Gasteiger partial charge in [0, 0.05) is 12.5 Å². The van der Waals surface area contributed by atoms with Crippen LogP contribution in [0.3, 0.4) is 0 Å². The van der Waals surface area contributed by atoms with Gasteiger partial charge in [0.2, 0.25) is 0 Å². The minimum atomic E-state index is -0.913. The van der Waals surface area contributed by atoms with Gasteiger partial charge in [-0.2, -0.15) is 0 Å². The van der Waals surface area contributed by atoms with Crippen LogP contribution >= 0.6 is 0 Å². The van der Waals surface area contributed by atoms with Crippen LogP contribution in [0.2, 0.25) is 0 Å². The molecule has 1 N–H and O–H groups in total. The average Bonchev–Trinajstić information content (AvgIpc) is 2.39. The molecule has 102 valence electrons. The van der Waals surface area contributed by atoms with Crippen molar-refractivity contribution in [3.63, 3.8) is 0 Å². The third-order valence-electron chi connectivity index (χ3n) is 3.41. The second kappa shape index (κ2) is 6.41. The Hall–Kier alpha value is -1.77. The van der Waals surface area contributed by atoms with Crippen LogP contribution in [0, 0.1) is 0 Å². The van der Waals surface area contributed by atoms with E-state index in [4.69, 9.17) is 9.84 Å². The van der Waals surface area contributed by atoms with E-state index in [0.29, 0.717) is 6.42 Å². The summed E-state index contributed by atoms with van der Waals surface area (Å²) >= 11 is 0. The minimum absolute atomic E-state index is 0.0102. The van der Waals surface area contributed by atoms with Crippen LogP contribution in [0.25, 0.3) is 0 Å². The lowest BCUT2D eigenvalue weighted by molar-refractivity contribution is -0.131. The summed E-state index contributed by atoms with van der Waals surface area (Å²) in [7, 11) is 0. The summed E-state index contributed by atoms with van der Waals surface area (Å²) in [4.78, 5) is 10.4. The van der Waals surface area contributed by atoms with Gasteiger partial charge in [-0.15, -0.1) is 0 Å². The molecule has 0 fully saturated rings. The average molecular weight is 260 g/mol.